The van der Waals surface area contributed by atoms with E-state index >= 15 is 0 Å². The molecule has 0 aliphatic heterocycles. The molecule has 0 aliphatic rings. The normalized spacial score (nSPS) is 10.5. The molecule has 0 bridgehead atoms. The molecular weight excluding hydrogens is 354 g/mol. The molecule has 3 nitrogen and oxygen atoms in total. The molecule has 2 rings (SSSR count). The third-order valence-corrected chi connectivity index (χ3v) is 3.28. The molecule has 0 radical (unpaired) electrons. The maximum atomic E-state index is 12.2. The van der Waals surface area contributed by atoms with Crippen LogP contribution in [0.25, 0.3) is 0 Å². The molecular formula is C16H15BrClNO2. The number of halogens is 2. The van der Waals surface area contributed by atoms with Gasteiger partial charge < -0.3 is 10.1 Å². The zero-order valence-electron chi connectivity index (χ0n) is 11.7. The average molecular weight is 369 g/mol. The molecule has 2 aromatic rings. The van der Waals surface area contributed by atoms with Crippen molar-refractivity contribution in [1.29, 1.82) is 0 Å². The van der Waals surface area contributed by atoms with Crippen molar-refractivity contribution >= 4 is 39.1 Å². The number of rotatable bonds is 4. The van der Waals surface area contributed by atoms with Crippen LogP contribution in [0.15, 0.2) is 46.9 Å². The van der Waals surface area contributed by atoms with Crippen molar-refractivity contribution in [3.05, 3.63) is 57.5 Å². The summed E-state index contributed by atoms with van der Waals surface area (Å²) in [5.41, 5.74) is 1.20. The van der Waals surface area contributed by atoms with E-state index in [1.54, 1.807) is 30.3 Å². The van der Waals surface area contributed by atoms with Gasteiger partial charge in [0.2, 0.25) is 0 Å². The summed E-state index contributed by atoms with van der Waals surface area (Å²) in [6.07, 6.45) is 0.120. The predicted molar refractivity (Wildman–Crippen MR) is 89.3 cm³/mol. The molecule has 0 saturated heterocycles. The van der Waals surface area contributed by atoms with Gasteiger partial charge in [-0.3, -0.25) is 4.79 Å². The number of hydrogen-bond acceptors (Lipinski definition) is 2. The van der Waals surface area contributed by atoms with E-state index in [0.717, 1.165) is 10.2 Å². The average Bonchev–Trinajstić information content (AvgIpc) is 2.39. The fourth-order valence-electron chi connectivity index (χ4n) is 1.78. The van der Waals surface area contributed by atoms with Crippen LogP contribution in [0, 0.1) is 0 Å². The van der Waals surface area contributed by atoms with Crippen molar-refractivity contribution in [3.63, 3.8) is 0 Å². The smallest absolute Gasteiger partial charge is 0.255 e. The van der Waals surface area contributed by atoms with Crippen LogP contribution in [0.3, 0.4) is 0 Å². The number of hydrogen-bond donors (Lipinski definition) is 1. The monoisotopic (exact) mass is 367 g/mol. The lowest BCUT2D eigenvalue weighted by atomic mass is 10.2. The van der Waals surface area contributed by atoms with Crippen LogP contribution in [0.1, 0.15) is 24.2 Å². The van der Waals surface area contributed by atoms with Crippen molar-refractivity contribution in [1.82, 2.24) is 0 Å². The molecule has 0 aliphatic carbocycles. The Labute approximate surface area is 137 Å². The molecule has 2 aromatic carbocycles. The summed E-state index contributed by atoms with van der Waals surface area (Å²) in [6.45, 7) is 3.93. The van der Waals surface area contributed by atoms with E-state index in [0.29, 0.717) is 16.3 Å². The van der Waals surface area contributed by atoms with E-state index in [2.05, 4.69) is 21.2 Å². The predicted octanol–water partition coefficient (Wildman–Crippen LogP) is 5.14. The molecule has 0 atom stereocenters. The van der Waals surface area contributed by atoms with Crippen LogP contribution in [0.4, 0.5) is 5.69 Å². The van der Waals surface area contributed by atoms with Crippen LogP contribution < -0.4 is 10.1 Å². The Kier molecular flexibility index (Phi) is 5.26. The summed E-state index contributed by atoms with van der Waals surface area (Å²) in [6, 6.07) is 12.3. The highest BCUT2D eigenvalue weighted by Gasteiger charge is 2.08. The Morgan fingerprint density at radius 2 is 1.86 bits per heavy atom. The van der Waals surface area contributed by atoms with Gasteiger partial charge >= 0.3 is 0 Å². The summed E-state index contributed by atoms with van der Waals surface area (Å²) in [5.74, 6) is 0.559. The minimum atomic E-state index is -0.212. The minimum Gasteiger partial charge on any atom is -0.491 e. The van der Waals surface area contributed by atoms with Gasteiger partial charge in [0.25, 0.3) is 5.91 Å². The number of nitrogens with one attached hydrogen (secondary N) is 1. The standard InChI is InChI=1S/C16H15BrClNO2/c1-10(2)21-15-5-3-14(4-6-15)19-16(20)11-7-12(17)9-13(18)8-11/h3-10H,1-2H3,(H,19,20). The molecule has 0 saturated carbocycles. The largest absolute Gasteiger partial charge is 0.491 e. The summed E-state index contributed by atoms with van der Waals surface area (Å²) in [5, 5.41) is 3.33. The van der Waals surface area contributed by atoms with E-state index in [9.17, 15) is 4.79 Å². The fraction of sp³-hybridized carbons (Fsp3) is 0.188. The number of amides is 1. The molecule has 5 heteroatoms. The zero-order valence-corrected chi connectivity index (χ0v) is 14.0. The Bertz CT molecular complexity index is 621. The molecule has 0 heterocycles. The second-order valence-electron chi connectivity index (χ2n) is 4.80. The van der Waals surface area contributed by atoms with E-state index in [4.69, 9.17) is 16.3 Å². The highest BCUT2D eigenvalue weighted by molar-refractivity contribution is 9.10. The van der Waals surface area contributed by atoms with Crippen LogP contribution in [-0.4, -0.2) is 12.0 Å². The Morgan fingerprint density at radius 3 is 2.43 bits per heavy atom. The number of carbonyl (C=O) groups is 1. The molecule has 1 N–H and O–H groups in total. The van der Waals surface area contributed by atoms with Crippen LogP contribution in [-0.2, 0) is 0 Å². The lowest BCUT2D eigenvalue weighted by Gasteiger charge is -2.11. The lowest BCUT2D eigenvalue weighted by Crippen LogP contribution is -2.12. The fourth-order valence-corrected chi connectivity index (χ4v) is 2.64. The highest BCUT2D eigenvalue weighted by atomic mass is 79.9. The van der Waals surface area contributed by atoms with Gasteiger partial charge in [-0.2, -0.15) is 0 Å². The maximum Gasteiger partial charge on any atom is 0.255 e. The van der Waals surface area contributed by atoms with Gasteiger partial charge in [0.15, 0.2) is 0 Å². The van der Waals surface area contributed by atoms with Gasteiger partial charge in [0.05, 0.1) is 6.10 Å². The summed E-state index contributed by atoms with van der Waals surface area (Å²) >= 11 is 9.26. The summed E-state index contributed by atoms with van der Waals surface area (Å²) in [4.78, 5) is 12.2. The molecule has 110 valence electrons. The van der Waals surface area contributed by atoms with Crippen molar-refractivity contribution in [3.8, 4) is 5.75 Å². The number of ether oxygens (including phenoxy) is 1. The second kappa shape index (κ2) is 6.96. The quantitative estimate of drug-likeness (QED) is 0.811. The topological polar surface area (TPSA) is 38.3 Å². The third-order valence-electron chi connectivity index (χ3n) is 2.61. The molecule has 0 aromatic heterocycles. The van der Waals surface area contributed by atoms with Gasteiger partial charge in [0, 0.05) is 20.7 Å². The SMILES string of the molecule is CC(C)Oc1ccc(NC(=O)c2cc(Cl)cc(Br)c2)cc1. The zero-order chi connectivity index (χ0) is 15.4. The Hall–Kier alpha value is -1.52. The van der Waals surface area contributed by atoms with E-state index in [1.165, 1.54) is 0 Å². The van der Waals surface area contributed by atoms with Crippen molar-refractivity contribution in [2.75, 3.05) is 5.32 Å². The van der Waals surface area contributed by atoms with Crippen molar-refractivity contribution < 1.29 is 9.53 Å². The van der Waals surface area contributed by atoms with Crippen LogP contribution in [0.2, 0.25) is 5.02 Å². The third kappa shape index (κ3) is 4.76. The molecule has 1 amide bonds. The molecule has 0 unspecified atom stereocenters. The van der Waals surface area contributed by atoms with E-state index in [1.807, 2.05) is 26.0 Å². The van der Waals surface area contributed by atoms with Crippen molar-refractivity contribution in [2.45, 2.75) is 20.0 Å². The second-order valence-corrected chi connectivity index (χ2v) is 6.16. The van der Waals surface area contributed by atoms with Crippen LogP contribution in [0.5, 0.6) is 5.75 Å². The Balaban J connectivity index is 2.08. The van der Waals surface area contributed by atoms with Gasteiger partial charge in [-0.15, -0.1) is 0 Å². The van der Waals surface area contributed by atoms with Crippen LogP contribution >= 0.6 is 27.5 Å². The summed E-state index contributed by atoms with van der Waals surface area (Å²) in [7, 11) is 0. The first-order valence-corrected chi connectivity index (χ1v) is 7.65. The highest BCUT2D eigenvalue weighted by Crippen LogP contribution is 2.21. The molecule has 21 heavy (non-hydrogen) atoms. The van der Waals surface area contributed by atoms with Gasteiger partial charge in [-0.05, 0) is 56.3 Å². The lowest BCUT2D eigenvalue weighted by molar-refractivity contribution is 0.102. The van der Waals surface area contributed by atoms with Gasteiger partial charge in [0.1, 0.15) is 5.75 Å². The first kappa shape index (κ1) is 15.9. The molecule has 0 spiro atoms. The number of benzene rings is 2. The van der Waals surface area contributed by atoms with E-state index < -0.39 is 0 Å². The minimum absolute atomic E-state index is 0.120. The summed E-state index contributed by atoms with van der Waals surface area (Å²) < 4.78 is 6.32. The van der Waals surface area contributed by atoms with Crippen molar-refractivity contribution in [2.24, 2.45) is 0 Å². The van der Waals surface area contributed by atoms with E-state index in [-0.39, 0.29) is 12.0 Å². The number of carbonyl (C=O) groups excluding carboxylic acids is 1. The van der Waals surface area contributed by atoms with Gasteiger partial charge in [-0.25, -0.2) is 0 Å². The maximum absolute atomic E-state index is 12.2. The Morgan fingerprint density at radius 1 is 1.19 bits per heavy atom. The molecule has 0 fully saturated rings. The first-order valence-electron chi connectivity index (χ1n) is 6.48. The number of anilines is 1. The first-order chi connectivity index (χ1) is 9.94. The van der Waals surface area contributed by atoms with Gasteiger partial charge in [-0.1, -0.05) is 27.5 Å².